The number of hydrogen-bond acceptors (Lipinski definition) is 15. The smallest absolute Gasteiger partial charge is 0.462 e. The van der Waals surface area contributed by atoms with Crippen molar-refractivity contribution < 1.29 is 80.2 Å². The Kier molecular flexibility index (Phi) is 76.0. The predicted octanol–water partition coefficient (Wildman–Crippen LogP) is 26.2. The van der Waals surface area contributed by atoms with Crippen molar-refractivity contribution in [2.45, 2.75) is 477 Å². The number of carbonyl (C=O) groups excluding carboxylic acids is 4. The van der Waals surface area contributed by atoms with Crippen LogP contribution < -0.4 is 0 Å². The highest BCUT2D eigenvalue weighted by molar-refractivity contribution is 7.47. The molecule has 0 aliphatic carbocycles. The Balaban J connectivity index is 5.22. The molecule has 0 amide bonds. The molecule has 0 aromatic rings. The fourth-order valence-corrected chi connectivity index (χ4v) is 15.0. The summed E-state index contributed by atoms with van der Waals surface area (Å²) in [6.07, 6.45) is 69.5. The molecule has 0 aliphatic heterocycles. The Labute approximate surface area is 645 Å². The van der Waals surface area contributed by atoms with Gasteiger partial charge >= 0.3 is 39.5 Å². The van der Waals surface area contributed by atoms with E-state index in [1.54, 1.807) is 0 Å². The minimum absolute atomic E-state index is 0.108. The van der Waals surface area contributed by atoms with Gasteiger partial charge in [-0.3, -0.25) is 37.3 Å². The molecule has 0 fully saturated rings. The van der Waals surface area contributed by atoms with Crippen molar-refractivity contribution in [3.05, 3.63) is 0 Å². The summed E-state index contributed by atoms with van der Waals surface area (Å²) in [6, 6.07) is 0. The number of ether oxygens (including phenoxy) is 4. The molecule has 0 aliphatic rings. The number of phosphoric ester groups is 2. The van der Waals surface area contributed by atoms with Crippen LogP contribution in [0.2, 0.25) is 0 Å². The molecule has 0 heterocycles. The van der Waals surface area contributed by atoms with Crippen LogP contribution in [0.15, 0.2) is 0 Å². The molecule has 3 N–H and O–H groups in total. The highest BCUT2D eigenvalue weighted by Gasteiger charge is 2.30. The van der Waals surface area contributed by atoms with E-state index < -0.39 is 97.5 Å². The lowest BCUT2D eigenvalue weighted by Gasteiger charge is -2.21. The largest absolute Gasteiger partial charge is 0.472 e. The molecule has 6 atom stereocenters. The van der Waals surface area contributed by atoms with E-state index in [1.165, 1.54) is 270 Å². The van der Waals surface area contributed by atoms with E-state index in [0.717, 1.165) is 102 Å². The summed E-state index contributed by atoms with van der Waals surface area (Å²) < 4.78 is 68.9. The molecule has 0 aromatic heterocycles. The van der Waals surface area contributed by atoms with Gasteiger partial charge in [-0.15, -0.1) is 0 Å². The quantitative estimate of drug-likeness (QED) is 0.0222. The Hall–Kier alpha value is -1.94. The average Bonchev–Trinajstić information content (AvgIpc) is 0.951. The monoisotopic (exact) mass is 1540 g/mol. The van der Waals surface area contributed by atoms with Crippen molar-refractivity contribution in [3.63, 3.8) is 0 Å². The van der Waals surface area contributed by atoms with Crippen LogP contribution in [-0.2, 0) is 65.4 Å². The minimum Gasteiger partial charge on any atom is -0.462 e. The molecule has 17 nitrogen and oxygen atoms in total. The molecule has 0 radical (unpaired) electrons. The number of phosphoric acid groups is 2. The van der Waals surface area contributed by atoms with Gasteiger partial charge in [0.25, 0.3) is 0 Å². The number of hydrogen-bond donors (Lipinski definition) is 3. The van der Waals surface area contributed by atoms with Gasteiger partial charge in [0.15, 0.2) is 12.2 Å². The average molecular weight is 1540 g/mol. The first-order chi connectivity index (χ1) is 50.9. The maximum absolute atomic E-state index is 13.1. The van der Waals surface area contributed by atoms with Gasteiger partial charge in [-0.1, -0.05) is 408 Å². The SMILES string of the molecule is CCCCCCCCCCCCCCCCCCCCCCCCC(=O)O[C@H](COC(=O)CCCCCCCCCCCCCCCCC(C)CC)COP(=O)(O)OC[C@@H](O)COP(=O)(O)OC[C@@H](COC(=O)CCCCCCCCCC(C)C)OC(=O)CCCCCCCCCCCCCCCCC. The Morgan fingerprint density at radius 2 is 0.486 bits per heavy atom. The highest BCUT2D eigenvalue weighted by atomic mass is 31.2. The van der Waals surface area contributed by atoms with E-state index in [-0.39, 0.29) is 25.7 Å². The third-order valence-electron chi connectivity index (χ3n) is 20.6. The van der Waals surface area contributed by atoms with Gasteiger partial charge in [0.2, 0.25) is 0 Å². The van der Waals surface area contributed by atoms with Crippen LogP contribution in [0.25, 0.3) is 0 Å². The number of aliphatic hydroxyl groups excluding tert-OH is 1. The zero-order chi connectivity index (χ0) is 77.1. The van der Waals surface area contributed by atoms with Gasteiger partial charge in [0, 0.05) is 25.7 Å². The van der Waals surface area contributed by atoms with Gasteiger partial charge in [-0.25, -0.2) is 9.13 Å². The summed E-state index contributed by atoms with van der Waals surface area (Å²) in [4.78, 5) is 73.2. The number of carbonyl (C=O) groups is 4. The van der Waals surface area contributed by atoms with Crippen LogP contribution in [-0.4, -0.2) is 96.7 Å². The Morgan fingerprint density at radius 1 is 0.276 bits per heavy atom. The molecular weight excluding hydrogens is 1370 g/mol. The summed E-state index contributed by atoms with van der Waals surface area (Å²) in [5, 5.41) is 10.7. The molecule has 0 saturated heterocycles. The van der Waals surface area contributed by atoms with Gasteiger partial charge in [0.05, 0.1) is 26.4 Å². The second-order valence-corrected chi connectivity index (χ2v) is 34.6. The van der Waals surface area contributed by atoms with E-state index in [4.69, 9.17) is 37.0 Å². The molecule has 624 valence electrons. The predicted molar refractivity (Wildman–Crippen MR) is 432 cm³/mol. The first-order valence-corrected chi connectivity index (χ1v) is 47.5. The second-order valence-electron chi connectivity index (χ2n) is 31.6. The third-order valence-corrected chi connectivity index (χ3v) is 22.5. The van der Waals surface area contributed by atoms with Crippen LogP contribution in [0.5, 0.6) is 0 Å². The van der Waals surface area contributed by atoms with Crippen LogP contribution >= 0.6 is 15.6 Å². The fraction of sp³-hybridized carbons (Fsp3) is 0.953. The van der Waals surface area contributed by atoms with Gasteiger partial charge in [-0.05, 0) is 37.5 Å². The summed E-state index contributed by atoms with van der Waals surface area (Å²) in [7, 11) is -9.93. The number of esters is 4. The summed E-state index contributed by atoms with van der Waals surface area (Å²) >= 11 is 0. The summed E-state index contributed by atoms with van der Waals surface area (Å²) in [6.45, 7) is 9.67. The molecule has 0 saturated carbocycles. The minimum atomic E-state index is -4.97. The van der Waals surface area contributed by atoms with Crippen molar-refractivity contribution >= 4 is 39.5 Å². The zero-order valence-corrected chi connectivity index (χ0v) is 70.8. The van der Waals surface area contributed by atoms with Gasteiger partial charge in [-0.2, -0.15) is 0 Å². The first kappa shape index (κ1) is 103. The number of unbranched alkanes of at least 4 members (excludes halogenated alkanes) is 54. The molecule has 3 unspecified atom stereocenters. The summed E-state index contributed by atoms with van der Waals surface area (Å²) in [5.41, 5.74) is 0. The molecule has 0 aromatic carbocycles. The summed E-state index contributed by atoms with van der Waals surface area (Å²) in [5.74, 6) is -0.548. The maximum Gasteiger partial charge on any atom is 0.472 e. The molecule has 105 heavy (non-hydrogen) atoms. The molecular formula is C86H168O17P2. The normalized spacial score (nSPS) is 14.1. The molecule has 19 heteroatoms. The molecule has 0 spiro atoms. The van der Waals surface area contributed by atoms with Gasteiger partial charge < -0.3 is 33.8 Å². The zero-order valence-electron chi connectivity index (χ0n) is 69.0. The second kappa shape index (κ2) is 77.4. The van der Waals surface area contributed by atoms with Crippen molar-refractivity contribution in [1.82, 2.24) is 0 Å². The molecule has 0 rings (SSSR count). The van der Waals surface area contributed by atoms with Crippen molar-refractivity contribution in [1.29, 1.82) is 0 Å². The lowest BCUT2D eigenvalue weighted by Crippen LogP contribution is -2.30. The van der Waals surface area contributed by atoms with Crippen LogP contribution in [0.1, 0.15) is 459 Å². The van der Waals surface area contributed by atoms with Crippen LogP contribution in [0, 0.1) is 11.8 Å². The van der Waals surface area contributed by atoms with Crippen molar-refractivity contribution in [3.8, 4) is 0 Å². The van der Waals surface area contributed by atoms with Crippen molar-refractivity contribution in [2.75, 3.05) is 39.6 Å². The standard InChI is InChI=1S/C86H168O17P2/c1-7-10-12-14-16-18-20-22-24-25-26-27-28-29-30-32-38-42-46-52-59-65-71-85(90)102-81(74-96-83(88)68-62-56-50-44-40-36-34-33-35-39-43-49-55-61-67-79(6)9-3)76-100-104(92,93)98-72-80(87)73-99-105(94,95)101-77-82(75-97-84(89)69-63-57-53-47-48-54-60-66-78(4)5)103-86(91)70-64-58-51-45-41-37-31-23-21-19-17-15-13-11-8-2/h78-82,87H,7-77H2,1-6H3,(H,92,93)(H,94,95)/t79?,80-,81-,82-/m1/s1. The van der Waals surface area contributed by atoms with E-state index >= 15 is 0 Å². The lowest BCUT2D eigenvalue weighted by molar-refractivity contribution is -0.161. The fourth-order valence-electron chi connectivity index (χ4n) is 13.4. The van der Waals surface area contributed by atoms with Crippen LogP contribution in [0.3, 0.4) is 0 Å². The maximum atomic E-state index is 13.1. The van der Waals surface area contributed by atoms with Crippen molar-refractivity contribution in [2.24, 2.45) is 11.8 Å². The van der Waals surface area contributed by atoms with E-state index in [1.807, 2.05) is 0 Å². The van der Waals surface area contributed by atoms with E-state index in [9.17, 15) is 43.2 Å². The molecule has 0 bridgehead atoms. The number of rotatable bonds is 85. The third kappa shape index (κ3) is 78.5. The van der Waals surface area contributed by atoms with E-state index in [2.05, 4.69) is 41.5 Å². The van der Waals surface area contributed by atoms with Crippen LogP contribution in [0.4, 0.5) is 0 Å². The topological polar surface area (TPSA) is 237 Å². The van der Waals surface area contributed by atoms with Gasteiger partial charge in [0.1, 0.15) is 19.3 Å². The lowest BCUT2D eigenvalue weighted by atomic mass is 9.99. The number of aliphatic hydroxyl groups is 1. The Morgan fingerprint density at radius 3 is 0.724 bits per heavy atom. The van der Waals surface area contributed by atoms with E-state index in [0.29, 0.717) is 31.6 Å². The Bertz CT molecular complexity index is 2010. The highest BCUT2D eigenvalue weighted by Crippen LogP contribution is 2.45. The first-order valence-electron chi connectivity index (χ1n) is 44.5.